The van der Waals surface area contributed by atoms with Crippen molar-refractivity contribution < 1.29 is 19.2 Å². The number of carbonyl (C=O) groups is 4. The Morgan fingerprint density at radius 3 is 2.45 bits per heavy atom. The first kappa shape index (κ1) is 19.4. The number of nitrogens with zero attached hydrogens (tertiary/aromatic N) is 1. The number of anilines is 1. The molecule has 1 saturated carbocycles. The van der Waals surface area contributed by atoms with Gasteiger partial charge in [-0.25, -0.2) is 0 Å². The molecule has 0 spiro atoms. The Bertz CT molecular complexity index is 1120. The van der Waals surface area contributed by atoms with Crippen LogP contribution < -0.4 is 16.4 Å². The Kier molecular flexibility index (Phi) is 4.40. The topological polar surface area (TPSA) is 122 Å². The van der Waals surface area contributed by atoms with Gasteiger partial charge < -0.3 is 11.1 Å². The molecule has 0 radical (unpaired) electrons. The van der Waals surface area contributed by atoms with Gasteiger partial charge in [0, 0.05) is 24.2 Å². The average Bonchev–Trinajstić information content (AvgIpc) is 3.46. The number of piperidine rings is 1. The maximum Gasteiger partial charge on any atom is 0.262 e. The van der Waals surface area contributed by atoms with E-state index in [1.807, 2.05) is 24.3 Å². The normalized spacial score (nSPS) is 21.7. The summed E-state index contributed by atoms with van der Waals surface area (Å²) in [4.78, 5) is 50.7. The fourth-order valence-corrected chi connectivity index (χ4v) is 4.27. The van der Waals surface area contributed by atoms with Gasteiger partial charge in [0.1, 0.15) is 6.04 Å². The summed E-state index contributed by atoms with van der Waals surface area (Å²) in [5.41, 5.74) is 9.28. The molecule has 2 aromatic rings. The number of nitrogens with one attached hydrogen (secondary N) is 2. The van der Waals surface area contributed by atoms with Gasteiger partial charge in [0.05, 0.1) is 11.1 Å². The molecule has 158 valence electrons. The third-order valence-electron chi connectivity index (χ3n) is 6.29. The molecule has 4 N–H and O–H groups in total. The van der Waals surface area contributed by atoms with Crippen molar-refractivity contribution >= 4 is 29.3 Å². The third kappa shape index (κ3) is 3.29. The van der Waals surface area contributed by atoms with Crippen LogP contribution in [0.25, 0.3) is 0 Å². The zero-order valence-corrected chi connectivity index (χ0v) is 16.8. The molecule has 1 aliphatic carbocycles. The van der Waals surface area contributed by atoms with E-state index in [1.54, 1.807) is 18.2 Å². The highest BCUT2D eigenvalue weighted by Gasteiger charge is 2.45. The van der Waals surface area contributed by atoms with Gasteiger partial charge in [-0.2, -0.15) is 0 Å². The first-order chi connectivity index (χ1) is 14.9. The van der Waals surface area contributed by atoms with E-state index in [4.69, 9.17) is 5.73 Å². The minimum atomic E-state index is -0.968. The van der Waals surface area contributed by atoms with E-state index in [2.05, 4.69) is 10.6 Å². The van der Waals surface area contributed by atoms with Gasteiger partial charge in [0.15, 0.2) is 0 Å². The lowest BCUT2D eigenvalue weighted by Gasteiger charge is -2.27. The Balaban J connectivity index is 1.35. The van der Waals surface area contributed by atoms with Crippen LogP contribution >= 0.6 is 0 Å². The average molecular weight is 418 g/mol. The first-order valence-corrected chi connectivity index (χ1v) is 10.3. The summed E-state index contributed by atoms with van der Waals surface area (Å²) >= 11 is 0. The lowest BCUT2D eigenvalue weighted by atomic mass is 10.0. The number of hydrogen-bond donors (Lipinski definition) is 3. The Morgan fingerprint density at radius 1 is 1.03 bits per heavy atom. The lowest BCUT2D eigenvalue weighted by Crippen LogP contribution is -2.54. The maximum absolute atomic E-state index is 13.1. The van der Waals surface area contributed by atoms with Crippen molar-refractivity contribution in [1.29, 1.82) is 0 Å². The van der Waals surface area contributed by atoms with Crippen molar-refractivity contribution in [3.05, 3.63) is 64.7 Å². The molecule has 8 nitrogen and oxygen atoms in total. The second-order valence-corrected chi connectivity index (χ2v) is 8.37. The zero-order valence-electron chi connectivity index (χ0n) is 16.8. The van der Waals surface area contributed by atoms with Gasteiger partial charge in [-0.3, -0.25) is 29.4 Å². The quantitative estimate of drug-likeness (QED) is 0.635. The minimum absolute atomic E-state index is 0.0955. The van der Waals surface area contributed by atoms with E-state index in [-0.39, 0.29) is 23.9 Å². The summed E-state index contributed by atoms with van der Waals surface area (Å²) in [6.45, 7) is 0.346. The van der Waals surface area contributed by atoms with Crippen LogP contribution in [0.15, 0.2) is 42.5 Å². The van der Waals surface area contributed by atoms with Crippen LogP contribution in [0.5, 0.6) is 0 Å². The molecule has 0 bridgehead atoms. The van der Waals surface area contributed by atoms with Crippen LogP contribution in [-0.4, -0.2) is 34.6 Å². The maximum atomic E-state index is 13.1. The fraction of sp³-hybridized carbons (Fsp3) is 0.304. The van der Waals surface area contributed by atoms with E-state index in [0.717, 1.165) is 29.0 Å². The van der Waals surface area contributed by atoms with Gasteiger partial charge in [-0.15, -0.1) is 0 Å². The number of carbonyl (C=O) groups excluding carboxylic acids is 4. The second-order valence-electron chi connectivity index (χ2n) is 8.37. The lowest BCUT2D eigenvalue weighted by molar-refractivity contribution is -0.136. The monoisotopic (exact) mass is 418 g/mol. The van der Waals surface area contributed by atoms with Crippen molar-refractivity contribution in [2.45, 2.75) is 43.8 Å². The predicted octanol–water partition coefficient (Wildman–Crippen LogP) is 1.65. The highest BCUT2D eigenvalue weighted by Crippen LogP contribution is 2.42. The Hall–Kier alpha value is -3.52. The number of imide groups is 2. The van der Waals surface area contributed by atoms with E-state index in [9.17, 15) is 19.2 Å². The van der Waals surface area contributed by atoms with Gasteiger partial charge in [-0.1, -0.05) is 24.3 Å². The number of nitrogens with two attached hydrogens (primary N) is 1. The van der Waals surface area contributed by atoms with Crippen LogP contribution in [0.4, 0.5) is 5.69 Å². The van der Waals surface area contributed by atoms with Crippen molar-refractivity contribution in [2.75, 3.05) is 5.32 Å². The number of amides is 4. The predicted molar refractivity (Wildman–Crippen MR) is 112 cm³/mol. The van der Waals surface area contributed by atoms with E-state index in [0.29, 0.717) is 17.7 Å². The summed E-state index contributed by atoms with van der Waals surface area (Å²) in [7, 11) is 0. The standard InChI is InChI=1S/C23H22N4O4/c24-23(10-11-23)14-4-6-15(7-5-14)25-12-13-2-1-3-16-19(13)22(31)27(21(16)30)17-8-9-18(28)26-20(17)29/h1-7,17,25H,8-12,24H2,(H,26,28,29). The summed E-state index contributed by atoms with van der Waals surface area (Å²) in [6.07, 6.45) is 2.22. The molecule has 5 rings (SSSR count). The SMILES string of the molecule is NC1(c2ccc(NCc3cccc4c3C(=O)N(C3CCC(=O)NC3=O)C4=O)cc2)CC1. The van der Waals surface area contributed by atoms with Crippen LogP contribution in [0.1, 0.15) is 57.5 Å². The number of fused-ring (bicyclic) bond motifs is 1. The molecular weight excluding hydrogens is 396 g/mol. The first-order valence-electron chi connectivity index (χ1n) is 10.3. The molecule has 8 heteroatoms. The molecule has 3 aliphatic rings. The minimum Gasteiger partial charge on any atom is -0.381 e. The zero-order chi connectivity index (χ0) is 21.8. The largest absolute Gasteiger partial charge is 0.381 e. The molecule has 31 heavy (non-hydrogen) atoms. The summed E-state index contributed by atoms with van der Waals surface area (Å²) in [6, 6.07) is 12.1. The Morgan fingerprint density at radius 2 is 1.77 bits per heavy atom. The second kappa shape index (κ2) is 7.02. The molecule has 1 unspecified atom stereocenters. The van der Waals surface area contributed by atoms with Gasteiger partial charge >= 0.3 is 0 Å². The fourth-order valence-electron chi connectivity index (χ4n) is 4.27. The van der Waals surface area contributed by atoms with Gasteiger partial charge in [-0.05, 0) is 48.6 Å². The highest BCUT2D eigenvalue weighted by atomic mass is 16.2. The van der Waals surface area contributed by atoms with E-state index in [1.165, 1.54) is 0 Å². The molecule has 1 saturated heterocycles. The van der Waals surface area contributed by atoms with Crippen molar-refractivity contribution in [3.63, 3.8) is 0 Å². The van der Waals surface area contributed by atoms with Gasteiger partial charge in [0.2, 0.25) is 11.8 Å². The van der Waals surface area contributed by atoms with Crippen molar-refractivity contribution in [1.82, 2.24) is 10.2 Å². The number of hydrogen-bond acceptors (Lipinski definition) is 6. The van der Waals surface area contributed by atoms with Crippen LogP contribution in [-0.2, 0) is 21.7 Å². The van der Waals surface area contributed by atoms with E-state index < -0.39 is 29.7 Å². The molecular formula is C23H22N4O4. The van der Waals surface area contributed by atoms with Crippen molar-refractivity contribution in [2.24, 2.45) is 5.73 Å². The molecule has 2 heterocycles. The van der Waals surface area contributed by atoms with Gasteiger partial charge in [0.25, 0.3) is 11.8 Å². The summed E-state index contributed by atoms with van der Waals surface area (Å²) in [5.74, 6) is -2.01. The number of benzene rings is 2. The molecule has 4 amide bonds. The summed E-state index contributed by atoms with van der Waals surface area (Å²) < 4.78 is 0. The Labute approximate surface area is 178 Å². The molecule has 2 aliphatic heterocycles. The smallest absolute Gasteiger partial charge is 0.262 e. The van der Waals surface area contributed by atoms with E-state index >= 15 is 0 Å². The third-order valence-corrected chi connectivity index (χ3v) is 6.29. The summed E-state index contributed by atoms with van der Waals surface area (Å²) in [5, 5.41) is 5.50. The number of rotatable bonds is 5. The van der Waals surface area contributed by atoms with Crippen LogP contribution in [0.3, 0.4) is 0 Å². The molecule has 2 fully saturated rings. The molecule has 0 aromatic heterocycles. The van der Waals surface area contributed by atoms with Crippen LogP contribution in [0.2, 0.25) is 0 Å². The van der Waals surface area contributed by atoms with Crippen molar-refractivity contribution in [3.8, 4) is 0 Å². The molecule has 1 atom stereocenters. The van der Waals surface area contributed by atoms with Crippen LogP contribution in [0, 0.1) is 0 Å². The highest BCUT2D eigenvalue weighted by molar-refractivity contribution is 6.24. The molecule has 2 aromatic carbocycles.